The van der Waals surface area contributed by atoms with Gasteiger partial charge in [-0.25, -0.2) is 9.97 Å². The van der Waals surface area contributed by atoms with Crippen LogP contribution in [-0.2, 0) is 0 Å². The molecule has 0 unspecified atom stereocenters. The molecule has 0 N–H and O–H groups in total. The Kier molecular flexibility index (Phi) is 2.73. The molecule has 2 aromatic rings. The Morgan fingerprint density at radius 2 is 2.20 bits per heavy atom. The number of rotatable bonds is 2. The van der Waals surface area contributed by atoms with Gasteiger partial charge in [-0.2, -0.15) is 0 Å². The van der Waals surface area contributed by atoms with E-state index >= 15 is 0 Å². The predicted molar refractivity (Wildman–Crippen MR) is 60.3 cm³/mol. The quantitative estimate of drug-likeness (QED) is 0.839. The molecular weight excluding hydrogens is 258 g/mol. The molecule has 0 aromatic carbocycles. The maximum Gasteiger partial charge on any atom is 0.180 e. The van der Waals surface area contributed by atoms with E-state index in [2.05, 4.69) is 25.9 Å². The van der Waals surface area contributed by atoms with Crippen LogP contribution in [0, 0.1) is 6.92 Å². The highest BCUT2D eigenvalue weighted by atomic mass is 79.9. The van der Waals surface area contributed by atoms with E-state index < -0.39 is 0 Å². The van der Waals surface area contributed by atoms with Gasteiger partial charge in [0.15, 0.2) is 11.6 Å². The van der Waals surface area contributed by atoms with Gasteiger partial charge in [0.05, 0.1) is 12.8 Å². The first kappa shape index (κ1) is 10.2. The number of pyridine rings is 1. The highest BCUT2D eigenvalue weighted by molar-refractivity contribution is 9.10. The molecule has 2 aromatic heterocycles. The van der Waals surface area contributed by atoms with Crippen molar-refractivity contribution >= 4 is 15.9 Å². The summed E-state index contributed by atoms with van der Waals surface area (Å²) in [5, 5.41) is 0. The molecule has 78 valence electrons. The Morgan fingerprint density at radius 3 is 2.80 bits per heavy atom. The molecule has 4 nitrogen and oxygen atoms in total. The van der Waals surface area contributed by atoms with Crippen molar-refractivity contribution in [3.8, 4) is 11.6 Å². The summed E-state index contributed by atoms with van der Waals surface area (Å²) in [6.45, 7) is 1.93. The lowest BCUT2D eigenvalue weighted by Crippen LogP contribution is -1.98. The lowest BCUT2D eigenvalue weighted by molar-refractivity contribution is 0.410. The van der Waals surface area contributed by atoms with Crippen LogP contribution < -0.4 is 4.74 Å². The maximum absolute atomic E-state index is 5.25. The zero-order valence-corrected chi connectivity index (χ0v) is 10.0. The van der Waals surface area contributed by atoms with Crippen LogP contribution in [0.4, 0.5) is 0 Å². The topological polar surface area (TPSA) is 39.9 Å². The number of aryl methyl sites for hydroxylation is 1. The van der Waals surface area contributed by atoms with Gasteiger partial charge in [-0.15, -0.1) is 0 Å². The zero-order chi connectivity index (χ0) is 10.8. The third kappa shape index (κ3) is 2.02. The Labute approximate surface area is 96.1 Å². The number of ether oxygens (including phenoxy) is 1. The van der Waals surface area contributed by atoms with Gasteiger partial charge < -0.3 is 4.74 Å². The van der Waals surface area contributed by atoms with Gasteiger partial charge in [0, 0.05) is 16.9 Å². The number of nitrogens with zero attached hydrogens (tertiary/aromatic N) is 3. The van der Waals surface area contributed by atoms with Gasteiger partial charge in [-0.3, -0.25) is 4.57 Å². The number of hydrogen-bond acceptors (Lipinski definition) is 3. The van der Waals surface area contributed by atoms with Crippen LogP contribution in [0.25, 0.3) is 5.82 Å². The van der Waals surface area contributed by atoms with Gasteiger partial charge in [-0.05, 0) is 28.9 Å². The average molecular weight is 268 g/mol. The molecule has 0 aliphatic rings. The first-order valence-electron chi connectivity index (χ1n) is 4.41. The molecule has 15 heavy (non-hydrogen) atoms. The normalized spacial score (nSPS) is 10.3. The summed E-state index contributed by atoms with van der Waals surface area (Å²) in [6, 6.07) is 1.87. The van der Waals surface area contributed by atoms with E-state index in [0.717, 1.165) is 16.0 Å². The van der Waals surface area contributed by atoms with Gasteiger partial charge >= 0.3 is 0 Å². The number of halogens is 1. The molecule has 0 saturated carbocycles. The van der Waals surface area contributed by atoms with Crippen molar-refractivity contribution < 1.29 is 4.74 Å². The molecule has 5 heteroatoms. The number of methoxy groups -OCH3 is 1. The van der Waals surface area contributed by atoms with E-state index in [1.165, 1.54) is 0 Å². The molecule has 2 rings (SSSR count). The Balaban J connectivity index is 2.52. The largest absolute Gasteiger partial charge is 0.493 e. The van der Waals surface area contributed by atoms with Crippen molar-refractivity contribution in [2.24, 2.45) is 0 Å². The third-order valence-corrected chi connectivity index (χ3v) is 2.41. The summed E-state index contributed by atoms with van der Waals surface area (Å²) in [4.78, 5) is 8.43. The molecule has 0 aliphatic carbocycles. The van der Waals surface area contributed by atoms with Crippen molar-refractivity contribution in [1.82, 2.24) is 14.5 Å². The van der Waals surface area contributed by atoms with E-state index in [0.29, 0.717) is 5.75 Å². The van der Waals surface area contributed by atoms with Crippen LogP contribution in [0.15, 0.2) is 29.3 Å². The molecule has 0 saturated heterocycles. The summed E-state index contributed by atoms with van der Waals surface area (Å²) in [7, 11) is 1.62. The van der Waals surface area contributed by atoms with E-state index in [-0.39, 0.29) is 0 Å². The minimum Gasteiger partial charge on any atom is -0.493 e. The van der Waals surface area contributed by atoms with Crippen LogP contribution >= 0.6 is 15.9 Å². The summed E-state index contributed by atoms with van der Waals surface area (Å²) in [5.41, 5.74) is 0.946. The SMILES string of the molecule is COc1cc(Br)cnc1-n1cnc(C)c1. The molecule has 2 heterocycles. The van der Waals surface area contributed by atoms with Crippen LogP contribution in [0.1, 0.15) is 5.69 Å². The van der Waals surface area contributed by atoms with Crippen LogP contribution in [0.2, 0.25) is 0 Å². The van der Waals surface area contributed by atoms with Gasteiger partial charge in [0.1, 0.15) is 6.33 Å². The molecule has 0 atom stereocenters. The van der Waals surface area contributed by atoms with Crippen molar-refractivity contribution in [1.29, 1.82) is 0 Å². The van der Waals surface area contributed by atoms with Crippen molar-refractivity contribution in [3.63, 3.8) is 0 Å². The van der Waals surface area contributed by atoms with E-state index in [9.17, 15) is 0 Å². The minimum absolute atomic E-state index is 0.710. The highest BCUT2D eigenvalue weighted by Gasteiger charge is 2.07. The van der Waals surface area contributed by atoms with Gasteiger partial charge in [-0.1, -0.05) is 0 Å². The zero-order valence-electron chi connectivity index (χ0n) is 8.44. The molecule has 0 fully saturated rings. The molecule has 0 aliphatic heterocycles. The van der Waals surface area contributed by atoms with Gasteiger partial charge in [0.25, 0.3) is 0 Å². The maximum atomic E-state index is 5.25. The average Bonchev–Trinajstić information content (AvgIpc) is 2.64. The smallest absolute Gasteiger partial charge is 0.180 e. The van der Waals surface area contributed by atoms with Crippen LogP contribution in [0.3, 0.4) is 0 Å². The first-order chi connectivity index (χ1) is 7.20. The minimum atomic E-state index is 0.710. The Bertz CT molecular complexity index is 481. The lowest BCUT2D eigenvalue weighted by atomic mass is 10.4. The second-order valence-electron chi connectivity index (χ2n) is 3.10. The van der Waals surface area contributed by atoms with Crippen molar-refractivity contribution in [2.75, 3.05) is 7.11 Å². The second-order valence-corrected chi connectivity index (χ2v) is 4.02. The van der Waals surface area contributed by atoms with E-state index in [1.807, 2.05) is 23.8 Å². The number of aromatic nitrogens is 3. The second kappa shape index (κ2) is 4.02. The summed E-state index contributed by atoms with van der Waals surface area (Å²) in [5.74, 6) is 1.45. The monoisotopic (exact) mass is 267 g/mol. The summed E-state index contributed by atoms with van der Waals surface area (Å²) in [6.07, 6.45) is 5.35. The van der Waals surface area contributed by atoms with E-state index in [1.54, 1.807) is 19.6 Å². The van der Waals surface area contributed by atoms with E-state index in [4.69, 9.17) is 4.74 Å². The van der Waals surface area contributed by atoms with Crippen molar-refractivity contribution in [3.05, 3.63) is 35.0 Å². The van der Waals surface area contributed by atoms with Gasteiger partial charge in [0.2, 0.25) is 0 Å². The molecule has 0 spiro atoms. The first-order valence-corrected chi connectivity index (χ1v) is 5.20. The predicted octanol–water partition coefficient (Wildman–Crippen LogP) is 2.35. The number of hydrogen-bond donors (Lipinski definition) is 0. The lowest BCUT2D eigenvalue weighted by Gasteiger charge is -2.07. The molecule has 0 bridgehead atoms. The molecule has 0 radical (unpaired) electrons. The number of imidazole rings is 1. The standard InChI is InChI=1S/C10H10BrN3O/c1-7-5-14(6-13-7)10-9(15-2)3-8(11)4-12-10/h3-6H,1-2H3. The Hall–Kier alpha value is -1.36. The van der Waals surface area contributed by atoms with Crippen molar-refractivity contribution in [2.45, 2.75) is 6.92 Å². The van der Waals surface area contributed by atoms with Crippen LogP contribution in [0.5, 0.6) is 5.75 Å². The Morgan fingerprint density at radius 1 is 1.40 bits per heavy atom. The summed E-state index contributed by atoms with van der Waals surface area (Å²) < 4.78 is 7.97. The fraction of sp³-hybridized carbons (Fsp3) is 0.200. The summed E-state index contributed by atoms with van der Waals surface area (Å²) >= 11 is 3.35. The molecular formula is C10H10BrN3O. The molecule has 0 amide bonds. The van der Waals surface area contributed by atoms with Crippen LogP contribution in [-0.4, -0.2) is 21.6 Å². The fourth-order valence-corrected chi connectivity index (χ4v) is 1.60. The highest BCUT2D eigenvalue weighted by Crippen LogP contribution is 2.24. The fourth-order valence-electron chi connectivity index (χ4n) is 1.29. The third-order valence-electron chi connectivity index (χ3n) is 1.98.